The number of nitrogens with zero attached hydrogens (tertiary/aromatic N) is 3. The van der Waals surface area contributed by atoms with Crippen molar-refractivity contribution < 1.29 is 4.79 Å². The molecule has 2 heterocycles. The molecule has 2 aromatic carbocycles. The Morgan fingerprint density at radius 3 is 2.48 bits per heavy atom. The Kier molecular flexibility index (Phi) is 5.70. The van der Waals surface area contributed by atoms with E-state index in [0.29, 0.717) is 11.6 Å². The van der Waals surface area contributed by atoms with Crippen LogP contribution in [0.1, 0.15) is 35.3 Å². The summed E-state index contributed by atoms with van der Waals surface area (Å²) >= 11 is 0. The Morgan fingerprint density at radius 2 is 1.72 bits per heavy atom. The van der Waals surface area contributed by atoms with E-state index in [0.717, 1.165) is 30.0 Å². The molecule has 4 rings (SSSR count). The summed E-state index contributed by atoms with van der Waals surface area (Å²) in [6, 6.07) is 17.5. The molecular weight excluding hydrogens is 362 g/mol. The van der Waals surface area contributed by atoms with Gasteiger partial charge in [0.25, 0.3) is 5.91 Å². The van der Waals surface area contributed by atoms with E-state index in [1.54, 1.807) is 12.3 Å². The Hall–Kier alpha value is -3.41. The van der Waals surface area contributed by atoms with Gasteiger partial charge >= 0.3 is 0 Å². The largest absolute Gasteiger partial charge is 0.372 e. The molecule has 1 saturated heterocycles. The van der Waals surface area contributed by atoms with Gasteiger partial charge in [0.2, 0.25) is 5.95 Å². The van der Waals surface area contributed by atoms with Crippen LogP contribution in [0.15, 0.2) is 60.8 Å². The number of hydrogen-bond acceptors (Lipinski definition) is 5. The average molecular weight is 387 g/mol. The number of nitrogens with one attached hydrogen (secondary N) is 2. The van der Waals surface area contributed by atoms with Gasteiger partial charge in [-0.2, -0.15) is 0 Å². The Balaban J connectivity index is 1.42. The predicted molar refractivity (Wildman–Crippen MR) is 117 cm³/mol. The molecule has 0 unspecified atom stereocenters. The zero-order valence-corrected chi connectivity index (χ0v) is 16.6. The van der Waals surface area contributed by atoms with Crippen LogP contribution >= 0.6 is 0 Å². The van der Waals surface area contributed by atoms with E-state index in [1.807, 2.05) is 43.3 Å². The van der Waals surface area contributed by atoms with Crippen molar-refractivity contribution in [1.82, 2.24) is 9.97 Å². The summed E-state index contributed by atoms with van der Waals surface area (Å²) in [6.07, 6.45) is 5.38. The van der Waals surface area contributed by atoms with Gasteiger partial charge in [0.1, 0.15) is 5.69 Å². The second-order valence-corrected chi connectivity index (χ2v) is 7.25. The number of amides is 1. The second-order valence-electron chi connectivity index (χ2n) is 7.25. The SMILES string of the molecule is Cc1ccccc1Nc1nccc(C(=O)Nc2ccc(N3CCCCC3)cc2)n1. The molecule has 1 amide bonds. The molecule has 1 fully saturated rings. The Labute approximate surface area is 171 Å². The van der Waals surface area contributed by atoms with Crippen LogP contribution in [0.3, 0.4) is 0 Å². The van der Waals surface area contributed by atoms with Gasteiger partial charge in [-0.1, -0.05) is 18.2 Å². The van der Waals surface area contributed by atoms with Crippen molar-refractivity contribution in [3.05, 3.63) is 72.1 Å². The molecule has 0 saturated carbocycles. The van der Waals surface area contributed by atoms with E-state index in [4.69, 9.17) is 0 Å². The maximum atomic E-state index is 12.6. The van der Waals surface area contributed by atoms with Crippen molar-refractivity contribution in [2.24, 2.45) is 0 Å². The van der Waals surface area contributed by atoms with E-state index >= 15 is 0 Å². The number of rotatable bonds is 5. The van der Waals surface area contributed by atoms with Gasteiger partial charge < -0.3 is 15.5 Å². The minimum Gasteiger partial charge on any atom is -0.372 e. The van der Waals surface area contributed by atoms with Crippen LogP contribution in [0, 0.1) is 6.92 Å². The van der Waals surface area contributed by atoms with E-state index in [-0.39, 0.29) is 5.91 Å². The third-order valence-electron chi connectivity index (χ3n) is 5.13. The highest BCUT2D eigenvalue weighted by molar-refractivity contribution is 6.03. The van der Waals surface area contributed by atoms with E-state index in [2.05, 4.69) is 37.6 Å². The molecule has 29 heavy (non-hydrogen) atoms. The van der Waals surface area contributed by atoms with Gasteiger partial charge in [-0.3, -0.25) is 4.79 Å². The zero-order valence-electron chi connectivity index (χ0n) is 16.6. The van der Waals surface area contributed by atoms with Crippen LogP contribution in [0.4, 0.5) is 23.0 Å². The first-order valence-electron chi connectivity index (χ1n) is 10.0. The molecule has 0 atom stereocenters. The number of piperidine rings is 1. The summed E-state index contributed by atoms with van der Waals surface area (Å²) in [5.41, 5.74) is 4.27. The molecule has 1 aliphatic rings. The van der Waals surface area contributed by atoms with Crippen LogP contribution in [-0.2, 0) is 0 Å². The van der Waals surface area contributed by atoms with E-state index in [9.17, 15) is 4.79 Å². The van der Waals surface area contributed by atoms with Crippen LogP contribution in [0.5, 0.6) is 0 Å². The minimum atomic E-state index is -0.258. The monoisotopic (exact) mass is 387 g/mol. The first-order chi connectivity index (χ1) is 14.2. The number of anilines is 4. The lowest BCUT2D eigenvalue weighted by Gasteiger charge is -2.28. The van der Waals surface area contributed by atoms with Gasteiger partial charge in [-0.05, 0) is 68.1 Å². The molecular formula is C23H25N5O. The molecule has 6 heteroatoms. The lowest BCUT2D eigenvalue weighted by molar-refractivity contribution is 0.102. The first kappa shape index (κ1) is 18.9. The molecule has 0 bridgehead atoms. The van der Waals surface area contributed by atoms with E-state index in [1.165, 1.54) is 24.9 Å². The predicted octanol–water partition coefficient (Wildman–Crippen LogP) is 4.77. The van der Waals surface area contributed by atoms with Crippen molar-refractivity contribution in [1.29, 1.82) is 0 Å². The average Bonchev–Trinajstić information content (AvgIpc) is 2.77. The summed E-state index contributed by atoms with van der Waals surface area (Å²) in [7, 11) is 0. The van der Waals surface area contributed by atoms with Crippen molar-refractivity contribution in [2.75, 3.05) is 28.6 Å². The van der Waals surface area contributed by atoms with Crippen molar-refractivity contribution in [3.63, 3.8) is 0 Å². The summed E-state index contributed by atoms with van der Waals surface area (Å²) in [5, 5.41) is 6.08. The number of hydrogen-bond donors (Lipinski definition) is 2. The maximum Gasteiger partial charge on any atom is 0.274 e. The van der Waals surface area contributed by atoms with Crippen molar-refractivity contribution in [3.8, 4) is 0 Å². The van der Waals surface area contributed by atoms with E-state index < -0.39 is 0 Å². The van der Waals surface area contributed by atoms with Crippen LogP contribution in [0.2, 0.25) is 0 Å². The molecule has 6 nitrogen and oxygen atoms in total. The fraction of sp³-hybridized carbons (Fsp3) is 0.261. The van der Waals surface area contributed by atoms with Gasteiger partial charge in [-0.15, -0.1) is 0 Å². The second kappa shape index (κ2) is 8.73. The summed E-state index contributed by atoms with van der Waals surface area (Å²) in [6.45, 7) is 4.21. The number of aromatic nitrogens is 2. The normalized spacial score (nSPS) is 13.8. The van der Waals surface area contributed by atoms with Crippen LogP contribution in [0.25, 0.3) is 0 Å². The number of carbonyl (C=O) groups is 1. The highest BCUT2D eigenvalue weighted by Crippen LogP contribution is 2.22. The highest BCUT2D eigenvalue weighted by Gasteiger charge is 2.12. The van der Waals surface area contributed by atoms with Crippen molar-refractivity contribution in [2.45, 2.75) is 26.2 Å². The van der Waals surface area contributed by atoms with Gasteiger partial charge in [0.15, 0.2) is 0 Å². The number of aryl methyl sites for hydroxylation is 1. The molecule has 1 aromatic heterocycles. The quantitative estimate of drug-likeness (QED) is 0.660. The Morgan fingerprint density at radius 1 is 0.966 bits per heavy atom. The third kappa shape index (κ3) is 4.71. The number of benzene rings is 2. The molecule has 0 radical (unpaired) electrons. The standard InChI is InChI=1S/C23H25N5O/c1-17-7-3-4-8-20(17)26-23-24-14-13-21(27-23)22(29)25-18-9-11-19(12-10-18)28-15-5-2-6-16-28/h3-4,7-14H,2,5-6,15-16H2,1H3,(H,25,29)(H,24,26,27). The first-order valence-corrected chi connectivity index (χ1v) is 10.0. The summed E-state index contributed by atoms with van der Waals surface area (Å²) in [4.78, 5) is 23.6. The lowest BCUT2D eigenvalue weighted by atomic mass is 10.1. The fourth-order valence-electron chi connectivity index (χ4n) is 3.48. The molecule has 148 valence electrons. The summed E-state index contributed by atoms with van der Waals surface area (Å²) in [5.74, 6) is 0.137. The lowest BCUT2D eigenvalue weighted by Crippen LogP contribution is -2.29. The molecule has 0 spiro atoms. The van der Waals surface area contributed by atoms with Gasteiger partial charge in [0.05, 0.1) is 0 Å². The van der Waals surface area contributed by atoms with Crippen LogP contribution < -0.4 is 15.5 Å². The fourth-order valence-corrected chi connectivity index (χ4v) is 3.48. The maximum absolute atomic E-state index is 12.6. The zero-order chi connectivity index (χ0) is 20.1. The minimum absolute atomic E-state index is 0.258. The smallest absolute Gasteiger partial charge is 0.274 e. The molecule has 0 aliphatic carbocycles. The third-order valence-corrected chi connectivity index (χ3v) is 5.13. The molecule has 1 aliphatic heterocycles. The van der Waals surface area contributed by atoms with Crippen molar-refractivity contribution >= 4 is 28.9 Å². The highest BCUT2D eigenvalue weighted by atomic mass is 16.1. The van der Waals surface area contributed by atoms with Gasteiger partial charge in [0, 0.05) is 36.3 Å². The molecule has 2 N–H and O–H groups in total. The topological polar surface area (TPSA) is 70.2 Å². The molecule has 3 aromatic rings. The number of carbonyl (C=O) groups excluding carboxylic acids is 1. The summed E-state index contributed by atoms with van der Waals surface area (Å²) < 4.78 is 0. The van der Waals surface area contributed by atoms with Crippen LogP contribution in [-0.4, -0.2) is 29.0 Å². The Bertz CT molecular complexity index is 981. The van der Waals surface area contributed by atoms with Gasteiger partial charge in [-0.25, -0.2) is 9.97 Å². The number of para-hydroxylation sites is 1.